The molecule has 2 fully saturated rings. The average Bonchev–Trinajstić information content (AvgIpc) is 2.56. The van der Waals surface area contributed by atoms with Gasteiger partial charge in [-0.15, -0.1) is 0 Å². The van der Waals surface area contributed by atoms with Crippen molar-refractivity contribution in [3.8, 4) is 0 Å². The molecule has 24 heavy (non-hydrogen) atoms. The summed E-state index contributed by atoms with van der Waals surface area (Å²) in [4.78, 5) is 16.8. The molecule has 0 aromatic heterocycles. The van der Waals surface area contributed by atoms with Crippen molar-refractivity contribution >= 4 is 5.97 Å². The van der Waals surface area contributed by atoms with Crippen molar-refractivity contribution < 1.29 is 19.4 Å². The predicted molar refractivity (Wildman–Crippen MR) is 93.3 cm³/mol. The molecule has 1 N–H and O–H groups in total. The van der Waals surface area contributed by atoms with Gasteiger partial charge in [-0.2, -0.15) is 0 Å². The van der Waals surface area contributed by atoms with Crippen molar-refractivity contribution in [3.05, 3.63) is 0 Å². The molecule has 6 heteroatoms. The summed E-state index contributed by atoms with van der Waals surface area (Å²) in [6.07, 6.45) is 3.24. The van der Waals surface area contributed by atoms with Gasteiger partial charge in [-0.3, -0.25) is 9.69 Å². The lowest BCUT2D eigenvalue weighted by Gasteiger charge is -2.47. The quantitative estimate of drug-likeness (QED) is 0.678. The Morgan fingerprint density at radius 1 is 1.29 bits per heavy atom. The van der Waals surface area contributed by atoms with E-state index in [-0.39, 0.29) is 5.54 Å². The summed E-state index contributed by atoms with van der Waals surface area (Å²) < 4.78 is 10.6. The topological polar surface area (TPSA) is 62.2 Å². The van der Waals surface area contributed by atoms with Crippen LogP contribution in [0.2, 0.25) is 0 Å². The summed E-state index contributed by atoms with van der Waals surface area (Å²) in [6, 6.07) is 0. The molecular weight excluding hydrogens is 308 g/mol. The van der Waals surface area contributed by atoms with Crippen LogP contribution < -0.4 is 0 Å². The highest BCUT2D eigenvalue weighted by atomic mass is 16.5. The van der Waals surface area contributed by atoms with Gasteiger partial charge in [-0.1, -0.05) is 0 Å². The number of hydrogen-bond acceptors (Lipinski definition) is 5. The Kier molecular flexibility index (Phi) is 7.04. The van der Waals surface area contributed by atoms with Crippen LogP contribution in [0.5, 0.6) is 0 Å². The summed E-state index contributed by atoms with van der Waals surface area (Å²) in [6.45, 7) is 11.2. The van der Waals surface area contributed by atoms with E-state index in [9.17, 15) is 9.90 Å². The summed E-state index contributed by atoms with van der Waals surface area (Å²) in [7, 11) is 1.67. The van der Waals surface area contributed by atoms with E-state index < -0.39 is 11.4 Å². The van der Waals surface area contributed by atoms with Crippen molar-refractivity contribution in [1.29, 1.82) is 0 Å². The fourth-order valence-electron chi connectivity index (χ4n) is 4.22. The van der Waals surface area contributed by atoms with Gasteiger partial charge in [-0.05, 0) is 46.1 Å². The van der Waals surface area contributed by atoms with Gasteiger partial charge in [0, 0.05) is 45.4 Å². The Balaban J connectivity index is 1.98. The zero-order chi connectivity index (χ0) is 17.6. The second-order valence-electron chi connectivity index (χ2n) is 7.91. The first-order valence-corrected chi connectivity index (χ1v) is 9.17. The van der Waals surface area contributed by atoms with Crippen LogP contribution in [0.25, 0.3) is 0 Å². The van der Waals surface area contributed by atoms with E-state index in [1.54, 1.807) is 7.11 Å². The maximum atomic E-state index is 12.0. The van der Waals surface area contributed by atoms with Crippen molar-refractivity contribution in [2.24, 2.45) is 5.41 Å². The summed E-state index contributed by atoms with van der Waals surface area (Å²) in [5.74, 6) is -0.646. The number of nitrogens with zero attached hydrogens (tertiary/aromatic N) is 2. The SMILES string of the molecule is COCCCC1(C(=O)O)CCCN(CC(C)(C)N2CCOCC2)C1. The second-order valence-corrected chi connectivity index (χ2v) is 7.91. The third-order valence-electron chi connectivity index (χ3n) is 5.59. The van der Waals surface area contributed by atoms with Crippen LogP contribution in [-0.2, 0) is 14.3 Å². The van der Waals surface area contributed by atoms with E-state index >= 15 is 0 Å². The van der Waals surface area contributed by atoms with E-state index in [2.05, 4.69) is 23.6 Å². The first kappa shape index (κ1) is 19.6. The molecule has 0 amide bonds. The van der Waals surface area contributed by atoms with Crippen molar-refractivity contribution in [2.75, 3.05) is 59.7 Å². The number of aliphatic carboxylic acids is 1. The second kappa shape index (κ2) is 8.61. The molecule has 0 aromatic carbocycles. The number of ether oxygens (including phenoxy) is 2. The largest absolute Gasteiger partial charge is 0.481 e. The number of carboxylic acid groups (broad SMARTS) is 1. The van der Waals surface area contributed by atoms with Gasteiger partial charge < -0.3 is 19.5 Å². The van der Waals surface area contributed by atoms with Gasteiger partial charge in [-0.25, -0.2) is 0 Å². The number of piperidine rings is 1. The average molecular weight is 342 g/mol. The molecule has 2 heterocycles. The van der Waals surface area contributed by atoms with E-state index in [1.807, 2.05) is 0 Å². The van der Waals surface area contributed by atoms with Crippen LogP contribution in [0.3, 0.4) is 0 Å². The molecule has 0 bridgehead atoms. The number of hydrogen-bond donors (Lipinski definition) is 1. The minimum absolute atomic E-state index is 0.0396. The number of carboxylic acids is 1. The highest BCUT2D eigenvalue weighted by Crippen LogP contribution is 2.36. The third-order valence-corrected chi connectivity index (χ3v) is 5.59. The van der Waals surface area contributed by atoms with Gasteiger partial charge in [0.2, 0.25) is 0 Å². The lowest BCUT2D eigenvalue weighted by Crippen LogP contribution is -2.58. The van der Waals surface area contributed by atoms with Crippen LogP contribution in [0.1, 0.15) is 39.5 Å². The molecule has 6 nitrogen and oxygen atoms in total. The Morgan fingerprint density at radius 3 is 2.62 bits per heavy atom. The molecule has 1 unspecified atom stereocenters. The molecule has 0 aliphatic carbocycles. The van der Waals surface area contributed by atoms with Crippen molar-refractivity contribution in [2.45, 2.75) is 45.1 Å². The van der Waals surface area contributed by atoms with Crippen LogP contribution in [0.15, 0.2) is 0 Å². The molecule has 2 rings (SSSR count). The first-order valence-electron chi connectivity index (χ1n) is 9.17. The van der Waals surface area contributed by atoms with Crippen molar-refractivity contribution in [3.63, 3.8) is 0 Å². The molecule has 0 aromatic rings. The fourth-order valence-corrected chi connectivity index (χ4v) is 4.22. The summed E-state index contributed by atoms with van der Waals surface area (Å²) in [5, 5.41) is 9.86. The van der Waals surface area contributed by atoms with E-state index in [4.69, 9.17) is 9.47 Å². The monoisotopic (exact) mass is 342 g/mol. The van der Waals surface area contributed by atoms with Crippen LogP contribution >= 0.6 is 0 Å². The zero-order valence-electron chi connectivity index (χ0n) is 15.6. The molecule has 2 aliphatic rings. The molecule has 2 saturated heterocycles. The predicted octanol–water partition coefficient (Wildman–Crippen LogP) is 1.69. The zero-order valence-corrected chi connectivity index (χ0v) is 15.6. The summed E-state index contributed by atoms with van der Waals surface area (Å²) in [5.41, 5.74) is -0.574. The standard InChI is InChI=1S/C18H34N2O4/c1-17(2,20-9-12-24-13-10-20)14-19-8-4-6-18(15-19,16(21)22)7-5-11-23-3/h4-15H2,1-3H3,(H,21,22). The van der Waals surface area contributed by atoms with E-state index in [0.29, 0.717) is 19.6 Å². The van der Waals surface area contributed by atoms with Crippen LogP contribution in [0.4, 0.5) is 0 Å². The fraction of sp³-hybridized carbons (Fsp3) is 0.944. The smallest absolute Gasteiger partial charge is 0.310 e. The Bertz CT molecular complexity index is 410. The molecule has 0 radical (unpaired) electrons. The number of morpholine rings is 1. The van der Waals surface area contributed by atoms with Gasteiger partial charge in [0.15, 0.2) is 0 Å². The lowest BCUT2D eigenvalue weighted by molar-refractivity contribution is -0.154. The van der Waals surface area contributed by atoms with Crippen LogP contribution in [0, 0.1) is 5.41 Å². The normalized spacial score (nSPS) is 27.3. The van der Waals surface area contributed by atoms with Gasteiger partial charge in [0.25, 0.3) is 0 Å². The van der Waals surface area contributed by atoms with E-state index in [1.165, 1.54) is 0 Å². The maximum Gasteiger partial charge on any atom is 0.310 e. The minimum Gasteiger partial charge on any atom is -0.481 e. The highest BCUT2D eigenvalue weighted by molar-refractivity contribution is 5.75. The molecule has 0 spiro atoms. The Morgan fingerprint density at radius 2 is 2.00 bits per heavy atom. The molecule has 140 valence electrons. The maximum absolute atomic E-state index is 12.0. The van der Waals surface area contributed by atoms with Gasteiger partial charge in [0.05, 0.1) is 18.6 Å². The third kappa shape index (κ3) is 4.91. The number of carbonyl (C=O) groups is 1. The van der Waals surface area contributed by atoms with E-state index in [0.717, 1.165) is 58.7 Å². The molecular formula is C18H34N2O4. The number of likely N-dealkylation sites (tertiary alicyclic amines) is 1. The molecule has 0 saturated carbocycles. The number of rotatable bonds is 8. The highest BCUT2D eigenvalue weighted by Gasteiger charge is 2.43. The Hall–Kier alpha value is -0.690. The van der Waals surface area contributed by atoms with Crippen LogP contribution in [-0.4, -0.2) is 86.1 Å². The Labute approximate surface area is 146 Å². The number of methoxy groups -OCH3 is 1. The molecule has 2 aliphatic heterocycles. The van der Waals surface area contributed by atoms with Crippen molar-refractivity contribution in [1.82, 2.24) is 9.80 Å². The minimum atomic E-state index is -0.646. The summed E-state index contributed by atoms with van der Waals surface area (Å²) >= 11 is 0. The first-order chi connectivity index (χ1) is 11.4. The lowest BCUT2D eigenvalue weighted by atomic mass is 9.76. The van der Waals surface area contributed by atoms with Gasteiger partial charge >= 0.3 is 5.97 Å². The molecule has 1 atom stereocenters. The van der Waals surface area contributed by atoms with Gasteiger partial charge in [0.1, 0.15) is 0 Å².